The third-order valence-electron chi connectivity index (χ3n) is 10.4. The molecular formula is C38H76AsN5O10P2. The normalized spacial score (nSPS) is 20.6. The summed E-state index contributed by atoms with van der Waals surface area (Å²) >= 11 is -1.19. The molecule has 0 spiro atoms. The van der Waals surface area contributed by atoms with Gasteiger partial charge >= 0.3 is 163 Å². The molecule has 8 unspecified atom stereocenters. The van der Waals surface area contributed by atoms with Crippen molar-refractivity contribution in [2.24, 2.45) is 41.1 Å². The van der Waals surface area contributed by atoms with Gasteiger partial charge in [0, 0.05) is 12.7 Å². The molecule has 0 aromatic rings. The van der Waals surface area contributed by atoms with Crippen molar-refractivity contribution in [3.8, 4) is 0 Å². The average molecular weight is 900 g/mol. The van der Waals surface area contributed by atoms with Crippen molar-refractivity contribution in [2.75, 3.05) is 37.7 Å². The molecule has 0 aliphatic heterocycles. The number of carbonyl (C=O) groups is 4. The number of hydrogen-bond donors (Lipinski definition) is 9. The summed E-state index contributed by atoms with van der Waals surface area (Å²) in [5.41, 5.74) is 11.1. The Morgan fingerprint density at radius 1 is 0.732 bits per heavy atom. The van der Waals surface area contributed by atoms with Crippen LogP contribution in [0.2, 0.25) is 5.21 Å². The standard InChI is InChI=1S/C21H42N3O5P.C17H34AsN2O5P/c1-14(2)10-18(24-21(27)19(22)15(3)4)20(26)23-11-17(25)13-30(28,29)12-16-8-6-5-7-9-16;1-12(2)16(20-15(22)9-19)17(23)18-8-14(21)11-26(24,25)10-13-6-4-3-5-7-13/h14-19,25H,5-13,22H2,1-4H3,(H,23,26)(H,24,27)(H,28,29);12-14,16,18,21H,3-11,19H2,1-2H3,(H,20,22)(H,24,25). The molecule has 8 atom stereocenters. The minimum atomic E-state index is -3.46. The molecule has 0 radical (unpaired) electrons. The molecule has 0 saturated heterocycles. The van der Waals surface area contributed by atoms with Crippen molar-refractivity contribution >= 4 is 52.8 Å². The van der Waals surface area contributed by atoms with E-state index in [-0.39, 0.29) is 83.0 Å². The fraction of sp³-hybridized carbons (Fsp3) is 0.895. The monoisotopic (exact) mass is 899 g/mol. The maximum absolute atomic E-state index is 12.6. The second-order valence-corrected chi connectivity index (χ2v) is 24.7. The van der Waals surface area contributed by atoms with E-state index in [1.165, 1.54) is 12.8 Å². The number of amides is 3. The van der Waals surface area contributed by atoms with Crippen LogP contribution in [0.3, 0.4) is 0 Å². The SMILES string of the molecule is CC(C)C(NC(=O)CN)C(=O)[AsH]CC(O)CP(=O)(O)CC1CCCCC1.CC(C)CC(NC(=O)C(N)C(C)C)C(=O)NCC(O)CP(=O)(O)CC1CCCCC1. The van der Waals surface area contributed by atoms with Crippen molar-refractivity contribution in [3.05, 3.63) is 0 Å². The van der Waals surface area contributed by atoms with Gasteiger partial charge in [0.05, 0.1) is 18.3 Å². The zero-order chi connectivity index (χ0) is 42.6. The molecule has 18 heteroatoms. The van der Waals surface area contributed by atoms with E-state index in [9.17, 15) is 48.3 Å². The second-order valence-electron chi connectivity index (χ2n) is 17.2. The van der Waals surface area contributed by atoms with Gasteiger partial charge in [0.1, 0.15) is 6.04 Å². The third kappa shape index (κ3) is 22.9. The molecule has 11 N–H and O–H groups in total. The molecule has 0 aromatic heterocycles. The molecule has 2 rings (SSSR count). The summed E-state index contributed by atoms with van der Waals surface area (Å²) in [6, 6.07) is -2.07. The summed E-state index contributed by atoms with van der Waals surface area (Å²) in [6.45, 7) is 10.9. The molecule has 2 aliphatic carbocycles. The van der Waals surface area contributed by atoms with Crippen LogP contribution in [0.4, 0.5) is 0 Å². The van der Waals surface area contributed by atoms with Gasteiger partial charge in [-0.1, -0.05) is 47.0 Å². The van der Waals surface area contributed by atoms with Gasteiger partial charge in [-0.2, -0.15) is 0 Å². The van der Waals surface area contributed by atoms with E-state index < -0.39 is 72.6 Å². The molecule has 3 amide bonds. The van der Waals surface area contributed by atoms with E-state index in [0.29, 0.717) is 6.42 Å². The van der Waals surface area contributed by atoms with Gasteiger partial charge in [0.2, 0.25) is 19.2 Å². The number of aliphatic hydroxyl groups is 2. The number of hydrogen-bond acceptors (Lipinski definition) is 10. The molecular weight excluding hydrogens is 823 g/mol. The summed E-state index contributed by atoms with van der Waals surface area (Å²) in [7, 11) is -6.83. The van der Waals surface area contributed by atoms with Crippen LogP contribution in [0.5, 0.6) is 0 Å². The minimum Gasteiger partial charge on any atom is -0.391 e. The largest absolute Gasteiger partial charge is 0.391 e. The zero-order valence-corrected chi connectivity index (χ0v) is 38.7. The number of carbonyl (C=O) groups excluding carboxylic acids is 4. The smallest absolute Gasteiger partial charge is 0.242 e. The van der Waals surface area contributed by atoms with Crippen molar-refractivity contribution in [1.82, 2.24) is 16.0 Å². The van der Waals surface area contributed by atoms with Crippen molar-refractivity contribution in [3.63, 3.8) is 0 Å². The second kappa shape index (κ2) is 26.9. The topological polar surface area (TPSA) is 271 Å². The quantitative estimate of drug-likeness (QED) is 0.0529. The first-order valence-electron chi connectivity index (χ1n) is 20.6. The fourth-order valence-corrected chi connectivity index (χ4v) is 14.5. The third-order valence-corrected chi connectivity index (χ3v) is 17.3. The first-order chi connectivity index (χ1) is 26.1. The van der Waals surface area contributed by atoms with Crippen LogP contribution in [0, 0.1) is 29.6 Å². The van der Waals surface area contributed by atoms with E-state index in [2.05, 4.69) is 16.0 Å². The van der Waals surface area contributed by atoms with Crippen LogP contribution in [0.25, 0.3) is 0 Å². The predicted octanol–water partition coefficient (Wildman–Crippen LogP) is 2.51. The summed E-state index contributed by atoms with van der Waals surface area (Å²) < 4.78 is 24.9. The molecule has 15 nitrogen and oxygen atoms in total. The van der Waals surface area contributed by atoms with Gasteiger partial charge in [-0.15, -0.1) is 0 Å². The van der Waals surface area contributed by atoms with Gasteiger partial charge < -0.3 is 26.4 Å². The van der Waals surface area contributed by atoms with E-state index in [1.807, 2.05) is 41.5 Å². The summed E-state index contributed by atoms with van der Waals surface area (Å²) in [5.74, 6) is -0.628. The van der Waals surface area contributed by atoms with Gasteiger partial charge in [-0.3, -0.25) is 14.2 Å². The molecule has 2 saturated carbocycles. The Bertz CT molecular complexity index is 1300. The predicted molar refractivity (Wildman–Crippen MR) is 224 cm³/mol. The maximum atomic E-state index is 12.6. The molecule has 56 heavy (non-hydrogen) atoms. The summed E-state index contributed by atoms with van der Waals surface area (Å²) in [4.78, 5) is 69.2. The minimum absolute atomic E-state index is 0.0579. The summed E-state index contributed by atoms with van der Waals surface area (Å²) in [5, 5.41) is 28.5. The Balaban J connectivity index is 0.000000566. The molecule has 2 aliphatic rings. The van der Waals surface area contributed by atoms with Gasteiger partial charge in [-0.05, 0) is 37.0 Å². The van der Waals surface area contributed by atoms with Crippen LogP contribution < -0.4 is 27.4 Å². The van der Waals surface area contributed by atoms with Crippen LogP contribution >= 0.6 is 14.7 Å². The van der Waals surface area contributed by atoms with E-state index in [1.54, 1.807) is 0 Å². The Morgan fingerprint density at radius 3 is 1.64 bits per heavy atom. The Morgan fingerprint density at radius 2 is 1.21 bits per heavy atom. The van der Waals surface area contributed by atoms with E-state index in [4.69, 9.17) is 11.5 Å². The van der Waals surface area contributed by atoms with Crippen LogP contribution in [0.1, 0.15) is 112 Å². The molecule has 2 fully saturated rings. The zero-order valence-electron chi connectivity index (χ0n) is 34.8. The molecule has 0 aromatic carbocycles. The van der Waals surface area contributed by atoms with Gasteiger partial charge in [0.25, 0.3) is 0 Å². The molecule has 0 heterocycles. The Hall–Kier alpha value is -1.14. The van der Waals surface area contributed by atoms with Gasteiger partial charge in [0.15, 0.2) is 0 Å². The summed E-state index contributed by atoms with van der Waals surface area (Å²) in [6.07, 6.45) is 9.21. The number of nitrogens with one attached hydrogen (secondary N) is 3. The maximum Gasteiger partial charge on any atom is 0.242 e. The first-order valence-corrected chi connectivity index (χ1v) is 27.2. The fourth-order valence-electron chi connectivity index (χ4n) is 7.19. The molecule has 328 valence electrons. The number of aliphatic hydroxyl groups excluding tert-OH is 2. The Kier molecular flexibility index (Phi) is 25.4. The first kappa shape index (κ1) is 52.9. The number of rotatable bonds is 23. The van der Waals surface area contributed by atoms with Crippen LogP contribution in [-0.2, 0) is 28.3 Å². The van der Waals surface area contributed by atoms with Crippen LogP contribution in [-0.4, -0.2) is 126 Å². The van der Waals surface area contributed by atoms with Gasteiger partial charge in [-0.25, -0.2) is 0 Å². The van der Waals surface area contributed by atoms with Crippen molar-refractivity contribution < 1.29 is 48.3 Å². The van der Waals surface area contributed by atoms with Crippen LogP contribution in [0.15, 0.2) is 0 Å². The number of nitrogens with two attached hydrogens (primary N) is 2. The average Bonchev–Trinajstić information content (AvgIpc) is 3.10. The van der Waals surface area contributed by atoms with Crippen molar-refractivity contribution in [2.45, 2.75) is 148 Å². The Labute approximate surface area is 342 Å². The van der Waals surface area contributed by atoms with E-state index in [0.717, 1.165) is 51.4 Å². The molecule has 0 bridgehead atoms. The van der Waals surface area contributed by atoms with E-state index >= 15 is 0 Å². The van der Waals surface area contributed by atoms with Crippen molar-refractivity contribution in [1.29, 1.82) is 0 Å².